The Morgan fingerprint density at radius 1 is 1.00 bits per heavy atom. The summed E-state index contributed by atoms with van der Waals surface area (Å²) in [6.45, 7) is 5.06. The van der Waals surface area contributed by atoms with E-state index in [2.05, 4.69) is 40.2 Å². The Kier molecular flexibility index (Phi) is 9.17. The number of carbonyl (C=O) groups excluding carboxylic acids is 3. The first-order chi connectivity index (χ1) is 17.9. The van der Waals surface area contributed by atoms with Gasteiger partial charge >= 0.3 is 12.1 Å². The molecule has 3 N–H and O–H groups in total. The monoisotopic (exact) mass is 507 g/mol. The molecule has 0 spiro atoms. The summed E-state index contributed by atoms with van der Waals surface area (Å²) < 4.78 is 10.9. The van der Waals surface area contributed by atoms with Crippen molar-refractivity contribution in [3.05, 3.63) is 59.7 Å². The molecule has 37 heavy (non-hydrogen) atoms. The summed E-state index contributed by atoms with van der Waals surface area (Å²) in [6, 6.07) is 15.5. The summed E-state index contributed by atoms with van der Waals surface area (Å²) in [4.78, 5) is 37.4. The van der Waals surface area contributed by atoms with Crippen LogP contribution in [0.2, 0.25) is 0 Å². The molecule has 2 atom stereocenters. The zero-order chi connectivity index (χ0) is 26.2. The molecule has 1 aliphatic carbocycles. The molecule has 1 aliphatic heterocycles. The van der Waals surface area contributed by atoms with Gasteiger partial charge in [0.2, 0.25) is 5.91 Å². The van der Waals surface area contributed by atoms with Gasteiger partial charge < -0.3 is 25.4 Å². The van der Waals surface area contributed by atoms with Crippen molar-refractivity contribution in [2.24, 2.45) is 0 Å². The number of nitrogens with one attached hydrogen (secondary N) is 3. The Hall–Kier alpha value is -3.39. The van der Waals surface area contributed by atoms with Crippen molar-refractivity contribution in [3.63, 3.8) is 0 Å². The highest BCUT2D eigenvalue weighted by atomic mass is 16.5. The SMILES string of the molecule is CC(C)OC(=O)C(CCCCNC(=O)OCC1c2ccccc2-c2ccccc21)NC(=O)C1CCCN1. The number of benzene rings is 2. The number of esters is 1. The quantitative estimate of drug-likeness (QED) is 0.315. The van der Waals surface area contributed by atoms with Crippen LogP contribution in [-0.2, 0) is 19.1 Å². The summed E-state index contributed by atoms with van der Waals surface area (Å²) in [5.74, 6) is -0.574. The fourth-order valence-electron chi connectivity index (χ4n) is 5.06. The lowest BCUT2D eigenvalue weighted by Crippen LogP contribution is -2.49. The third-order valence-corrected chi connectivity index (χ3v) is 6.86. The molecule has 2 aromatic rings. The molecule has 2 aromatic carbocycles. The minimum absolute atomic E-state index is 0.0175. The van der Waals surface area contributed by atoms with Crippen LogP contribution in [-0.4, -0.2) is 55.9 Å². The zero-order valence-corrected chi connectivity index (χ0v) is 21.6. The van der Waals surface area contributed by atoms with Crippen LogP contribution < -0.4 is 16.0 Å². The number of ether oxygens (including phenoxy) is 2. The molecule has 2 unspecified atom stereocenters. The van der Waals surface area contributed by atoms with E-state index in [4.69, 9.17) is 9.47 Å². The summed E-state index contributed by atoms with van der Waals surface area (Å²) >= 11 is 0. The molecule has 4 rings (SSSR count). The van der Waals surface area contributed by atoms with Crippen molar-refractivity contribution in [1.29, 1.82) is 0 Å². The van der Waals surface area contributed by atoms with Crippen molar-refractivity contribution in [1.82, 2.24) is 16.0 Å². The van der Waals surface area contributed by atoms with Gasteiger partial charge in [-0.1, -0.05) is 48.5 Å². The number of rotatable bonds is 11. The van der Waals surface area contributed by atoms with Crippen LogP contribution in [0, 0.1) is 0 Å². The summed E-state index contributed by atoms with van der Waals surface area (Å²) in [5, 5.41) is 8.79. The molecule has 0 saturated carbocycles. The molecule has 1 fully saturated rings. The Morgan fingerprint density at radius 2 is 1.68 bits per heavy atom. The van der Waals surface area contributed by atoms with E-state index in [0.29, 0.717) is 25.8 Å². The molecule has 8 nitrogen and oxygen atoms in total. The molecule has 0 aromatic heterocycles. The highest BCUT2D eigenvalue weighted by Crippen LogP contribution is 2.44. The molecule has 0 bridgehead atoms. The highest BCUT2D eigenvalue weighted by molar-refractivity contribution is 5.87. The van der Waals surface area contributed by atoms with Crippen LogP contribution in [0.1, 0.15) is 63.0 Å². The van der Waals surface area contributed by atoms with E-state index in [9.17, 15) is 14.4 Å². The van der Waals surface area contributed by atoms with Gasteiger partial charge in [0.05, 0.1) is 12.1 Å². The van der Waals surface area contributed by atoms with Crippen molar-refractivity contribution in [2.45, 2.75) is 70.1 Å². The lowest BCUT2D eigenvalue weighted by Gasteiger charge is -2.21. The van der Waals surface area contributed by atoms with E-state index < -0.39 is 18.1 Å². The zero-order valence-electron chi connectivity index (χ0n) is 21.6. The van der Waals surface area contributed by atoms with Crippen LogP contribution >= 0.6 is 0 Å². The number of carbonyl (C=O) groups is 3. The molecular formula is C29H37N3O5. The summed E-state index contributed by atoms with van der Waals surface area (Å²) in [6.07, 6.45) is 2.72. The predicted molar refractivity (Wildman–Crippen MR) is 141 cm³/mol. The Bertz CT molecular complexity index is 1050. The van der Waals surface area contributed by atoms with Crippen molar-refractivity contribution >= 4 is 18.0 Å². The molecular weight excluding hydrogens is 470 g/mol. The fraction of sp³-hybridized carbons (Fsp3) is 0.483. The summed E-state index contributed by atoms with van der Waals surface area (Å²) in [5.41, 5.74) is 4.72. The normalized spacial score (nSPS) is 17.1. The molecule has 2 amide bonds. The lowest BCUT2D eigenvalue weighted by atomic mass is 9.98. The maximum absolute atomic E-state index is 12.5. The first kappa shape index (κ1) is 26.7. The minimum Gasteiger partial charge on any atom is -0.461 e. The second-order valence-electron chi connectivity index (χ2n) is 9.94. The maximum atomic E-state index is 12.5. The van der Waals surface area contributed by atoms with Gasteiger partial charge in [0.15, 0.2) is 0 Å². The number of fused-ring (bicyclic) bond motifs is 3. The van der Waals surface area contributed by atoms with Gasteiger partial charge in [-0.15, -0.1) is 0 Å². The average Bonchev–Trinajstić information content (AvgIpc) is 3.53. The largest absolute Gasteiger partial charge is 0.461 e. The molecule has 198 valence electrons. The van der Waals surface area contributed by atoms with Crippen LogP contribution in [0.5, 0.6) is 0 Å². The second kappa shape index (κ2) is 12.7. The first-order valence-electron chi connectivity index (χ1n) is 13.3. The van der Waals surface area contributed by atoms with Crippen molar-refractivity contribution in [2.75, 3.05) is 19.7 Å². The van der Waals surface area contributed by atoms with Crippen molar-refractivity contribution in [3.8, 4) is 11.1 Å². The predicted octanol–water partition coefficient (Wildman–Crippen LogP) is 3.88. The highest BCUT2D eigenvalue weighted by Gasteiger charge is 2.30. The van der Waals surface area contributed by atoms with Gasteiger partial charge in [0, 0.05) is 12.5 Å². The van der Waals surface area contributed by atoms with Gasteiger partial charge in [-0.2, -0.15) is 0 Å². The van der Waals surface area contributed by atoms with Gasteiger partial charge in [-0.3, -0.25) is 4.79 Å². The minimum atomic E-state index is -0.702. The molecule has 1 saturated heterocycles. The van der Waals surface area contributed by atoms with Gasteiger partial charge in [0.25, 0.3) is 0 Å². The average molecular weight is 508 g/mol. The van der Waals surface area contributed by atoms with Gasteiger partial charge in [-0.25, -0.2) is 9.59 Å². The van der Waals surface area contributed by atoms with E-state index >= 15 is 0 Å². The molecule has 2 aliphatic rings. The third kappa shape index (κ3) is 6.89. The summed E-state index contributed by atoms with van der Waals surface area (Å²) in [7, 11) is 0. The van der Waals surface area contributed by atoms with E-state index in [1.807, 2.05) is 24.3 Å². The Labute approximate surface area is 218 Å². The number of hydrogen-bond acceptors (Lipinski definition) is 6. The van der Waals surface area contributed by atoms with Crippen molar-refractivity contribution < 1.29 is 23.9 Å². The van der Waals surface area contributed by atoms with Crippen LogP contribution in [0.3, 0.4) is 0 Å². The van der Waals surface area contributed by atoms with Crippen LogP contribution in [0.4, 0.5) is 4.79 Å². The van der Waals surface area contributed by atoms with Crippen LogP contribution in [0.25, 0.3) is 11.1 Å². The van der Waals surface area contributed by atoms with E-state index in [-0.39, 0.29) is 30.6 Å². The fourth-order valence-corrected chi connectivity index (χ4v) is 5.06. The topological polar surface area (TPSA) is 106 Å². The first-order valence-corrected chi connectivity index (χ1v) is 13.3. The third-order valence-electron chi connectivity index (χ3n) is 6.86. The van der Waals surface area contributed by atoms with Gasteiger partial charge in [0.1, 0.15) is 12.6 Å². The smallest absolute Gasteiger partial charge is 0.407 e. The lowest BCUT2D eigenvalue weighted by molar-refractivity contribution is -0.151. The number of unbranched alkanes of at least 4 members (excludes halogenated alkanes) is 1. The molecule has 8 heteroatoms. The van der Waals surface area contributed by atoms with Crippen LogP contribution in [0.15, 0.2) is 48.5 Å². The Morgan fingerprint density at radius 3 is 2.30 bits per heavy atom. The standard InChI is InChI=1S/C29H37N3O5/c1-19(2)37-28(34)26(32-27(33)25-15-9-17-30-25)14-7-8-16-31-29(35)36-18-24-22-12-5-3-10-20(22)21-11-4-6-13-23(21)24/h3-6,10-13,19,24-26,30H,7-9,14-18H2,1-2H3,(H,31,35)(H,32,33). The number of alkyl carbamates (subject to hydrolysis) is 1. The molecule has 1 heterocycles. The number of amides is 2. The van der Waals surface area contributed by atoms with Gasteiger partial charge in [-0.05, 0) is 74.8 Å². The van der Waals surface area contributed by atoms with E-state index in [0.717, 1.165) is 19.4 Å². The maximum Gasteiger partial charge on any atom is 0.407 e. The second-order valence-corrected chi connectivity index (χ2v) is 9.94. The molecule has 0 radical (unpaired) electrons. The number of hydrogen-bond donors (Lipinski definition) is 3. The van der Waals surface area contributed by atoms with E-state index in [1.54, 1.807) is 13.8 Å². The Balaban J connectivity index is 1.20. The van der Waals surface area contributed by atoms with E-state index in [1.165, 1.54) is 22.3 Å².